The molecule has 0 radical (unpaired) electrons. The summed E-state index contributed by atoms with van der Waals surface area (Å²) >= 11 is 5.82. The first kappa shape index (κ1) is 16.7. The minimum absolute atomic E-state index is 0.288. The Hall–Kier alpha value is -3.18. The van der Waals surface area contributed by atoms with Gasteiger partial charge in [0.1, 0.15) is 0 Å². The maximum absolute atomic E-state index is 12.3. The summed E-state index contributed by atoms with van der Waals surface area (Å²) in [5.41, 5.74) is 1.86. The number of hydrogen-bond acceptors (Lipinski definition) is 3. The highest BCUT2D eigenvalue weighted by Gasteiger charge is 2.12. The molecule has 0 fully saturated rings. The van der Waals surface area contributed by atoms with Crippen molar-refractivity contribution in [2.45, 2.75) is 0 Å². The number of anilines is 2. The summed E-state index contributed by atoms with van der Waals surface area (Å²) in [5.74, 6) is -0.691. The monoisotopic (exact) mass is 351 g/mol. The Morgan fingerprint density at radius 3 is 1.84 bits per heavy atom. The normalized spacial score (nSPS) is 10.1. The van der Waals surface area contributed by atoms with E-state index >= 15 is 0 Å². The van der Waals surface area contributed by atoms with Gasteiger partial charge in [-0.15, -0.1) is 0 Å². The summed E-state index contributed by atoms with van der Waals surface area (Å²) in [6.45, 7) is 0. The molecule has 25 heavy (non-hydrogen) atoms. The highest BCUT2D eigenvalue weighted by Crippen LogP contribution is 2.15. The molecule has 0 atom stereocenters. The summed E-state index contributed by atoms with van der Waals surface area (Å²) in [4.78, 5) is 28.6. The van der Waals surface area contributed by atoms with Gasteiger partial charge in [-0.05, 0) is 42.5 Å². The fourth-order valence-corrected chi connectivity index (χ4v) is 2.28. The Labute approximate surface area is 149 Å². The van der Waals surface area contributed by atoms with Gasteiger partial charge in [0.05, 0.1) is 11.1 Å². The minimum Gasteiger partial charge on any atom is -0.322 e. The SMILES string of the molecule is O=C(Nc1ccccc1)c1cncc(C(=O)Nc2ccc(Cl)cc2)c1. The highest BCUT2D eigenvalue weighted by molar-refractivity contribution is 6.30. The summed E-state index contributed by atoms with van der Waals surface area (Å²) in [7, 11) is 0. The van der Waals surface area contributed by atoms with Gasteiger partial charge in [-0.25, -0.2) is 0 Å². The maximum Gasteiger partial charge on any atom is 0.257 e. The largest absolute Gasteiger partial charge is 0.322 e. The van der Waals surface area contributed by atoms with E-state index in [1.165, 1.54) is 18.5 Å². The molecular formula is C19H14ClN3O2. The van der Waals surface area contributed by atoms with E-state index in [4.69, 9.17) is 11.6 Å². The van der Waals surface area contributed by atoms with Crippen molar-refractivity contribution >= 4 is 34.8 Å². The van der Waals surface area contributed by atoms with Crippen molar-refractivity contribution in [3.63, 3.8) is 0 Å². The van der Waals surface area contributed by atoms with Crippen LogP contribution < -0.4 is 10.6 Å². The number of para-hydroxylation sites is 1. The number of nitrogens with zero attached hydrogens (tertiary/aromatic N) is 1. The molecule has 1 aromatic heterocycles. The molecule has 3 aromatic rings. The first-order valence-electron chi connectivity index (χ1n) is 7.50. The minimum atomic E-state index is -0.357. The first-order chi connectivity index (χ1) is 12.1. The second-order valence-corrected chi connectivity index (χ2v) is 5.68. The van der Waals surface area contributed by atoms with E-state index < -0.39 is 0 Å². The summed E-state index contributed by atoms with van der Waals surface area (Å²) < 4.78 is 0. The number of benzene rings is 2. The van der Waals surface area contributed by atoms with Crippen molar-refractivity contribution < 1.29 is 9.59 Å². The Morgan fingerprint density at radius 1 is 0.760 bits per heavy atom. The van der Waals surface area contributed by atoms with Gasteiger partial charge in [0.2, 0.25) is 0 Å². The van der Waals surface area contributed by atoms with Gasteiger partial charge in [0, 0.05) is 28.8 Å². The molecule has 2 aromatic carbocycles. The summed E-state index contributed by atoms with van der Waals surface area (Å²) in [6, 6.07) is 17.3. The number of halogens is 1. The number of amides is 2. The second kappa shape index (κ2) is 7.59. The van der Waals surface area contributed by atoms with Crippen LogP contribution in [0.15, 0.2) is 73.1 Å². The lowest BCUT2D eigenvalue weighted by atomic mass is 10.1. The number of carbonyl (C=O) groups excluding carboxylic acids is 2. The predicted octanol–water partition coefficient (Wildman–Crippen LogP) is 4.24. The van der Waals surface area contributed by atoms with Gasteiger partial charge in [-0.2, -0.15) is 0 Å². The Morgan fingerprint density at radius 2 is 1.28 bits per heavy atom. The van der Waals surface area contributed by atoms with Gasteiger partial charge < -0.3 is 10.6 Å². The van der Waals surface area contributed by atoms with Gasteiger partial charge in [-0.1, -0.05) is 29.8 Å². The zero-order valence-corrected chi connectivity index (χ0v) is 13.8. The molecular weight excluding hydrogens is 338 g/mol. The van der Waals surface area contributed by atoms with E-state index in [9.17, 15) is 9.59 Å². The van der Waals surface area contributed by atoms with E-state index in [0.29, 0.717) is 22.0 Å². The molecule has 0 saturated carbocycles. The van der Waals surface area contributed by atoms with Gasteiger partial charge >= 0.3 is 0 Å². The van der Waals surface area contributed by atoms with Crippen LogP contribution in [0.1, 0.15) is 20.7 Å². The highest BCUT2D eigenvalue weighted by atomic mass is 35.5. The van der Waals surface area contributed by atoms with Crippen LogP contribution in [0, 0.1) is 0 Å². The fraction of sp³-hybridized carbons (Fsp3) is 0. The van der Waals surface area contributed by atoms with Crippen molar-refractivity contribution in [1.82, 2.24) is 4.98 Å². The topological polar surface area (TPSA) is 71.1 Å². The molecule has 124 valence electrons. The quantitative estimate of drug-likeness (QED) is 0.738. The van der Waals surface area contributed by atoms with Gasteiger partial charge in [0.25, 0.3) is 11.8 Å². The van der Waals surface area contributed by atoms with E-state index in [0.717, 1.165) is 0 Å². The standard InChI is InChI=1S/C19H14ClN3O2/c20-15-6-8-17(9-7-15)23-19(25)14-10-13(11-21-12-14)18(24)22-16-4-2-1-3-5-16/h1-12H,(H,22,24)(H,23,25). The van der Waals surface area contributed by atoms with Crippen LogP contribution in [0.3, 0.4) is 0 Å². The number of carbonyl (C=O) groups is 2. The zero-order valence-electron chi connectivity index (χ0n) is 13.1. The lowest BCUT2D eigenvalue weighted by Crippen LogP contribution is -2.16. The third-order valence-electron chi connectivity index (χ3n) is 3.40. The third kappa shape index (κ3) is 4.43. The molecule has 0 unspecified atom stereocenters. The first-order valence-corrected chi connectivity index (χ1v) is 7.88. The smallest absolute Gasteiger partial charge is 0.257 e. The molecule has 5 nitrogen and oxygen atoms in total. The third-order valence-corrected chi connectivity index (χ3v) is 3.65. The second-order valence-electron chi connectivity index (χ2n) is 5.24. The van der Waals surface area contributed by atoms with Gasteiger partial charge in [0.15, 0.2) is 0 Å². The lowest BCUT2D eigenvalue weighted by Gasteiger charge is -2.08. The van der Waals surface area contributed by atoms with Crippen molar-refractivity contribution in [3.8, 4) is 0 Å². The average Bonchev–Trinajstić information content (AvgIpc) is 2.64. The molecule has 0 saturated heterocycles. The van der Waals surface area contributed by atoms with Crippen molar-refractivity contribution in [1.29, 1.82) is 0 Å². The van der Waals surface area contributed by atoms with E-state index in [2.05, 4.69) is 15.6 Å². The molecule has 0 aliphatic heterocycles. The van der Waals surface area contributed by atoms with Crippen LogP contribution in [0.5, 0.6) is 0 Å². The maximum atomic E-state index is 12.3. The molecule has 2 N–H and O–H groups in total. The molecule has 0 spiro atoms. The van der Waals surface area contributed by atoms with Crippen molar-refractivity contribution in [2.75, 3.05) is 10.6 Å². The predicted molar refractivity (Wildman–Crippen MR) is 98.0 cm³/mol. The number of pyridine rings is 1. The molecule has 1 heterocycles. The van der Waals surface area contributed by atoms with Crippen molar-refractivity contribution in [3.05, 3.63) is 89.2 Å². The Balaban J connectivity index is 1.73. The van der Waals surface area contributed by atoms with Crippen LogP contribution >= 0.6 is 11.6 Å². The molecule has 6 heteroatoms. The Bertz CT molecular complexity index is 896. The van der Waals surface area contributed by atoms with Crippen molar-refractivity contribution in [2.24, 2.45) is 0 Å². The molecule has 0 aliphatic carbocycles. The Kier molecular flexibility index (Phi) is 5.06. The zero-order chi connectivity index (χ0) is 17.6. The van der Waals surface area contributed by atoms with Crippen LogP contribution in [0.25, 0.3) is 0 Å². The molecule has 2 amide bonds. The van der Waals surface area contributed by atoms with E-state index in [-0.39, 0.29) is 17.4 Å². The van der Waals surface area contributed by atoms with E-state index in [1.54, 1.807) is 36.4 Å². The number of hydrogen-bond donors (Lipinski definition) is 2. The summed E-state index contributed by atoms with van der Waals surface area (Å²) in [6.07, 6.45) is 2.82. The molecule has 0 aliphatic rings. The van der Waals surface area contributed by atoms with Crippen LogP contribution in [0.4, 0.5) is 11.4 Å². The fourth-order valence-electron chi connectivity index (χ4n) is 2.15. The number of aromatic nitrogens is 1. The van der Waals surface area contributed by atoms with Crippen LogP contribution in [0.2, 0.25) is 5.02 Å². The lowest BCUT2D eigenvalue weighted by molar-refractivity contribution is 0.102. The van der Waals surface area contributed by atoms with Crippen LogP contribution in [-0.4, -0.2) is 16.8 Å². The molecule has 3 rings (SSSR count). The average molecular weight is 352 g/mol. The van der Waals surface area contributed by atoms with Crippen LogP contribution in [-0.2, 0) is 0 Å². The number of nitrogens with one attached hydrogen (secondary N) is 2. The molecule has 0 bridgehead atoms. The van der Waals surface area contributed by atoms with Gasteiger partial charge in [-0.3, -0.25) is 14.6 Å². The van der Waals surface area contributed by atoms with E-state index in [1.807, 2.05) is 18.2 Å². The summed E-state index contributed by atoms with van der Waals surface area (Å²) in [5, 5.41) is 6.07. The number of rotatable bonds is 4.